The van der Waals surface area contributed by atoms with Gasteiger partial charge in [-0.3, -0.25) is 4.79 Å². The molecule has 1 aliphatic rings. The molecular weight excluding hydrogens is 272 g/mol. The summed E-state index contributed by atoms with van der Waals surface area (Å²) >= 11 is 3.31. The van der Waals surface area contributed by atoms with E-state index in [1.54, 1.807) is 17.2 Å². The second-order valence-corrected chi connectivity index (χ2v) is 4.78. The number of carbonyl (C=O) groups is 1. The van der Waals surface area contributed by atoms with Crippen molar-refractivity contribution in [2.24, 2.45) is 11.7 Å². The quantitative estimate of drug-likeness (QED) is 0.839. The van der Waals surface area contributed by atoms with Crippen molar-refractivity contribution < 1.29 is 4.79 Å². The van der Waals surface area contributed by atoms with Gasteiger partial charge in [0.05, 0.1) is 5.69 Å². The standard InChI is InChI=1S/C10H13BrN4O/c11-7-2-8(10(13)14-4-7)15-5-6(3-12)1-9(15)16/h2,4,6H,1,3,5,12H2,(H2,13,14). The maximum Gasteiger partial charge on any atom is 0.227 e. The summed E-state index contributed by atoms with van der Waals surface area (Å²) in [6.45, 7) is 1.14. The lowest BCUT2D eigenvalue weighted by Crippen LogP contribution is -2.26. The number of pyridine rings is 1. The molecule has 1 fully saturated rings. The zero-order valence-electron chi connectivity index (χ0n) is 8.69. The summed E-state index contributed by atoms with van der Waals surface area (Å²) in [4.78, 5) is 17.5. The first kappa shape index (κ1) is 11.3. The van der Waals surface area contributed by atoms with E-state index in [1.165, 1.54) is 0 Å². The third-order valence-corrected chi connectivity index (χ3v) is 3.13. The molecule has 1 aromatic heterocycles. The Labute approximate surface area is 102 Å². The number of nitrogens with two attached hydrogens (primary N) is 2. The number of aromatic nitrogens is 1. The Kier molecular flexibility index (Phi) is 3.11. The minimum Gasteiger partial charge on any atom is -0.382 e. The molecule has 1 aliphatic heterocycles. The summed E-state index contributed by atoms with van der Waals surface area (Å²) in [5.41, 5.74) is 12.0. The van der Waals surface area contributed by atoms with Crippen molar-refractivity contribution in [1.29, 1.82) is 0 Å². The first-order valence-electron chi connectivity index (χ1n) is 5.03. The normalized spacial score (nSPS) is 20.5. The van der Waals surface area contributed by atoms with Crippen LogP contribution in [-0.2, 0) is 4.79 Å². The Balaban J connectivity index is 2.30. The topological polar surface area (TPSA) is 85.2 Å². The van der Waals surface area contributed by atoms with Crippen molar-refractivity contribution >= 4 is 33.3 Å². The average molecular weight is 285 g/mol. The number of rotatable bonds is 2. The summed E-state index contributed by atoms with van der Waals surface area (Å²) in [5.74, 6) is 0.641. The summed E-state index contributed by atoms with van der Waals surface area (Å²) in [7, 11) is 0. The lowest BCUT2D eigenvalue weighted by molar-refractivity contribution is -0.117. The molecule has 1 saturated heterocycles. The molecule has 0 saturated carbocycles. The van der Waals surface area contributed by atoms with Crippen molar-refractivity contribution in [3.8, 4) is 0 Å². The molecule has 0 aliphatic carbocycles. The number of amides is 1. The largest absolute Gasteiger partial charge is 0.382 e. The van der Waals surface area contributed by atoms with E-state index in [4.69, 9.17) is 11.5 Å². The number of nitrogens with zero attached hydrogens (tertiary/aromatic N) is 2. The van der Waals surface area contributed by atoms with Crippen molar-refractivity contribution in [2.75, 3.05) is 23.7 Å². The molecule has 16 heavy (non-hydrogen) atoms. The number of halogens is 1. The van der Waals surface area contributed by atoms with Gasteiger partial charge in [0.2, 0.25) is 5.91 Å². The maximum absolute atomic E-state index is 11.8. The summed E-state index contributed by atoms with van der Waals surface area (Å²) in [6.07, 6.45) is 2.10. The highest BCUT2D eigenvalue weighted by Gasteiger charge is 2.30. The Morgan fingerprint density at radius 1 is 1.62 bits per heavy atom. The second kappa shape index (κ2) is 4.39. The van der Waals surface area contributed by atoms with E-state index in [0.717, 1.165) is 4.47 Å². The molecule has 5 nitrogen and oxygen atoms in total. The highest BCUT2D eigenvalue weighted by molar-refractivity contribution is 9.10. The fourth-order valence-electron chi connectivity index (χ4n) is 1.83. The fraction of sp³-hybridized carbons (Fsp3) is 0.400. The van der Waals surface area contributed by atoms with Gasteiger partial charge >= 0.3 is 0 Å². The molecule has 0 bridgehead atoms. The molecule has 1 atom stereocenters. The van der Waals surface area contributed by atoms with Gasteiger partial charge in [-0.1, -0.05) is 0 Å². The molecule has 0 aromatic carbocycles. The molecular formula is C10H13BrN4O. The highest BCUT2D eigenvalue weighted by Crippen LogP contribution is 2.30. The van der Waals surface area contributed by atoms with Gasteiger partial charge in [-0.05, 0) is 34.5 Å². The van der Waals surface area contributed by atoms with Crippen LogP contribution >= 0.6 is 15.9 Å². The van der Waals surface area contributed by atoms with E-state index in [-0.39, 0.29) is 11.8 Å². The zero-order chi connectivity index (χ0) is 11.7. The zero-order valence-corrected chi connectivity index (χ0v) is 10.3. The number of hydrogen-bond donors (Lipinski definition) is 2. The monoisotopic (exact) mass is 284 g/mol. The first-order valence-corrected chi connectivity index (χ1v) is 5.82. The fourth-order valence-corrected chi connectivity index (χ4v) is 2.15. The molecule has 4 N–H and O–H groups in total. The van der Waals surface area contributed by atoms with Gasteiger partial charge in [-0.2, -0.15) is 0 Å². The van der Waals surface area contributed by atoms with Gasteiger partial charge in [-0.25, -0.2) is 4.98 Å². The SMILES string of the molecule is NCC1CC(=O)N(c2cc(Br)cnc2N)C1. The van der Waals surface area contributed by atoms with Crippen LogP contribution in [0, 0.1) is 5.92 Å². The first-order chi connectivity index (χ1) is 7.61. The molecule has 1 unspecified atom stereocenters. The van der Waals surface area contributed by atoms with Crippen LogP contribution in [0.3, 0.4) is 0 Å². The predicted molar refractivity (Wildman–Crippen MR) is 65.9 cm³/mol. The number of anilines is 2. The van der Waals surface area contributed by atoms with Crippen LogP contribution in [0.4, 0.5) is 11.5 Å². The van der Waals surface area contributed by atoms with Crippen LogP contribution in [0.25, 0.3) is 0 Å². The predicted octanol–water partition coefficient (Wildman–Crippen LogP) is 0.738. The van der Waals surface area contributed by atoms with Crippen molar-refractivity contribution in [3.63, 3.8) is 0 Å². The lowest BCUT2D eigenvalue weighted by atomic mass is 10.1. The Morgan fingerprint density at radius 2 is 2.38 bits per heavy atom. The lowest BCUT2D eigenvalue weighted by Gasteiger charge is -2.18. The van der Waals surface area contributed by atoms with E-state index >= 15 is 0 Å². The number of hydrogen-bond acceptors (Lipinski definition) is 4. The number of carbonyl (C=O) groups excluding carboxylic acids is 1. The minimum absolute atomic E-state index is 0.0575. The Hall–Kier alpha value is -1.14. The smallest absolute Gasteiger partial charge is 0.227 e. The summed E-state index contributed by atoms with van der Waals surface area (Å²) in [6, 6.07) is 1.80. The van der Waals surface area contributed by atoms with Gasteiger partial charge in [0, 0.05) is 23.6 Å². The molecule has 86 valence electrons. The van der Waals surface area contributed by atoms with Gasteiger partial charge < -0.3 is 16.4 Å². The molecule has 2 heterocycles. The molecule has 6 heteroatoms. The third-order valence-electron chi connectivity index (χ3n) is 2.69. The number of nitrogen functional groups attached to an aromatic ring is 1. The maximum atomic E-state index is 11.8. The third kappa shape index (κ3) is 2.03. The van der Waals surface area contributed by atoms with Crippen molar-refractivity contribution in [1.82, 2.24) is 4.98 Å². The van der Waals surface area contributed by atoms with Gasteiger partial charge in [0.25, 0.3) is 0 Å². The summed E-state index contributed by atoms with van der Waals surface area (Å²) in [5, 5.41) is 0. The van der Waals surface area contributed by atoms with E-state index in [0.29, 0.717) is 31.0 Å². The molecule has 0 radical (unpaired) electrons. The van der Waals surface area contributed by atoms with Crippen LogP contribution in [0.15, 0.2) is 16.7 Å². The van der Waals surface area contributed by atoms with Crippen LogP contribution in [0.5, 0.6) is 0 Å². The van der Waals surface area contributed by atoms with E-state index in [9.17, 15) is 4.79 Å². The molecule has 1 aromatic rings. The van der Waals surface area contributed by atoms with Gasteiger partial charge in [-0.15, -0.1) is 0 Å². The highest BCUT2D eigenvalue weighted by atomic mass is 79.9. The van der Waals surface area contributed by atoms with Crippen molar-refractivity contribution in [2.45, 2.75) is 6.42 Å². The average Bonchev–Trinajstić information content (AvgIpc) is 2.63. The van der Waals surface area contributed by atoms with Crippen LogP contribution in [0.1, 0.15) is 6.42 Å². The van der Waals surface area contributed by atoms with Crippen LogP contribution in [-0.4, -0.2) is 24.0 Å². The molecule has 1 amide bonds. The van der Waals surface area contributed by atoms with Crippen LogP contribution < -0.4 is 16.4 Å². The van der Waals surface area contributed by atoms with Gasteiger partial charge in [0.15, 0.2) is 0 Å². The molecule has 2 rings (SSSR count). The van der Waals surface area contributed by atoms with Crippen molar-refractivity contribution in [3.05, 3.63) is 16.7 Å². The van der Waals surface area contributed by atoms with E-state index < -0.39 is 0 Å². The minimum atomic E-state index is 0.0575. The molecule has 0 spiro atoms. The van der Waals surface area contributed by atoms with E-state index in [2.05, 4.69) is 20.9 Å². The second-order valence-electron chi connectivity index (χ2n) is 3.87. The Bertz CT molecular complexity index is 423. The Morgan fingerprint density at radius 3 is 3.00 bits per heavy atom. The van der Waals surface area contributed by atoms with E-state index in [1.807, 2.05) is 0 Å². The van der Waals surface area contributed by atoms with Crippen LogP contribution in [0.2, 0.25) is 0 Å². The van der Waals surface area contributed by atoms with Gasteiger partial charge in [0.1, 0.15) is 5.82 Å². The summed E-state index contributed by atoms with van der Waals surface area (Å²) < 4.78 is 0.806.